The maximum atomic E-state index is 9.30. The van der Waals surface area contributed by atoms with E-state index in [0.29, 0.717) is 0 Å². The number of hydrogen-bond donors (Lipinski definition) is 1. The van der Waals surface area contributed by atoms with Crippen LogP contribution in [0.4, 0.5) is 0 Å². The molecule has 11 heavy (non-hydrogen) atoms. The van der Waals surface area contributed by atoms with Gasteiger partial charge in [0, 0.05) is 20.2 Å². The van der Waals surface area contributed by atoms with Crippen LogP contribution in [0.15, 0.2) is 0 Å². The number of ether oxygens (including phenoxy) is 1. The molecule has 3 heteroatoms. The fourth-order valence-corrected chi connectivity index (χ4v) is 1.45. The maximum Gasteiger partial charge on any atom is 0.0667 e. The van der Waals surface area contributed by atoms with Crippen molar-refractivity contribution in [1.82, 2.24) is 4.90 Å². The van der Waals surface area contributed by atoms with Gasteiger partial charge in [-0.2, -0.15) is 0 Å². The number of aliphatic hydroxyl groups excluding tert-OH is 1. The van der Waals surface area contributed by atoms with Crippen LogP contribution in [0.25, 0.3) is 0 Å². The van der Waals surface area contributed by atoms with E-state index in [4.69, 9.17) is 4.74 Å². The second-order valence-electron chi connectivity index (χ2n) is 3.09. The number of nitrogens with zero attached hydrogens (tertiary/aromatic N) is 1. The highest BCUT2D eigenvalue weighted by molar-refractivity contribution is 4.70. The summed E-state index contributed by atoms with van der Waals surface area (Å²) in [4.78, 5) is 2.25. The minimum atomic E-state index is -0.111. The number of hydrogen-bond acceptors (Lipinski definition) is 3. The van der Waals surface area contributed by atoms with Crippen molar-refractivity contribution in [3.05, 3.63) is 0 Å². The second kappa shape index (κ2) is 4.70. The van der Waals surface area contributed by atoms with Gasteiger partial charge in [-0.05, 0) is 19.4 Å². The van der Waals surface area contributed by atoms with E-state index in [1.165, 1.54) is 0 Å². The first-order valence-electron chi connectivity index (χ1n) is 4.22. The van der Waals surface area contributed by atoms with Crippen LogP contribution in [0.5, 0.6) is 0 Å². The van der Waals surface area contributed by atoms with Crippen molar-refractivity contribution in [3.8, 4) is 0 Å². The maximum absolute atomic E-state index is 9.30. The Morgan fingerprint density at radius 2 is 2.45 bits per heavy atom. The highest BCUT2D eigenvalue weighted by atomic mass is 16.5. The second-order valence-corrected chi connectivity index (χ2v) is 3.09. The molecule has 0 aromatic heterocycles. The highest BCUT2D eigenvalue weighted by Gasteiger charge is 2.16. The Labute approximate surface area is 68.0 Å². The van der Waals surface area contributed by atoms with Crippen LogP contribution < -0.4 is 0 Å². The Morgan fingerprint density at radius 1 is 1.64 bits per heavy atom. The third-order valence-corrected chi connectivity index (χ3v) is 2.09. The summed E-state index contributed by atoms with van der Waals surface area (Å²) < 4.78 is 4.96. The first-order chi connectivity index (χ1) is 5.33. The van der Waals surface area contributed by atoms with Crippen molar-refractivity contribution in [2.45, 2.75) is 18.9 Å². The molecule has 0 unspecified atom stereocenters. The van der Waals surface area contributed by atoms with Crippen LogP contribution in [-0.2, 0) is 4.74 Å². The molecular weight excluding hydrogens is 142 g/mol. The molecule has 66 valence electrons. The third kappa shape index (κ3) is 3.18. The SMILES string of the molecule is COCCN1CCC[C@@H](O)C1. The van der Waals surface area contributed by atoms with E-state index >= 15 is 0 Å². The summed E-state index contributed by atoms with van der Waals surface area (Å²) in [6.45, 7) is 3.66. The van der Waals surface area contributed by atoms with Crippen LogP contribution in [0.3, 0.4) is 0 Å². The van der Waals surface area contributed by atoms with Crippen molar-refractivity contribution in [2.75, 3.05) is 33.4 Å². The first-order valence-corrected chi connectivity index (χ1v) is 4.22. The fraction of sp³-hybridized carbons (Fsp3) is 1.00. The van der Waals surface area contributed by atoms with Crippen LogP contribution in [0, 0.1) is 0 Å². The van der Waals surface area contributed by atoms with Crippen LogP contribution in [0.2, 0.25) is 0 Å². The van der Waals surface area contributed by atoms with Gasteiger partial charge in [0.2, 0.25) is 0 Å². The Balaban J connectivity index is 2.12. The normalized spacial score (nSPS) is 27.3. The number of methoxy groups -OCH3 is 1. The van der Waals surface area contributed by atoms with Crippen molar-refractivity contribution in [2.24, 2.45) is 0 Å². The summed E-state index contributed by atoms with van der Waals surface area (Å²) in [5, 5.41) is 9.30. The van der Waals surface area contributed by atoms with E-state index in [0.717, 1.165) is 39.1 Å². The Morgan fingerprint density at radius 3 is 3.09 bits per heavy atom. The molecule has 0 spiro atoms. The van der Waals surface area contributed by atoms with Gasteiger partial charge in [0.15, 0.2) is 0 Å². The molecule has 1 aliphatic heterocycles. The first kappa shape index (κ1) is 8.97. The van der Waals surface area contributed by atoms with Gasteiger partial charge in [0.1, 0.15) is 0 Å². The number of likely N-dealkylation sites (tertiary alicyclic amines) is 1. The van der Waals surface area contributed by atoms with E-state index in [1.807, 2.05) is 0 Å². The van der Waals surface area contributed by atoms with Gasteiger partial charge in [0.05, 0.1) is 12.7 Å². The Bertz CT molecular complexity index is 108. The number of rotatable bonds is 3. The smallest absolute Gasteiger partial charge is 0.0667 e. The molecule has 3 nitrogen and oxygen atoms in total. The molecule has 0 aromatic rings. The molecule has 1 saturated heterocycles. The Kier molecular flexibility index (Phi) is 3.83. The highest BCUT2D eigenvalue weighted by Crippen LogP contribution is 2.08. The fourth-order valence-electron chi connectivity index (χ4n) is 1.45. The number of piperidine rings is 1. The van der Waals surface area contributed by atoms with E-state index < -0.39 is 0 Å². The molecule has 0 aromatic carbocycles. The lowest BCUT2D eigenvalue weighted by Gasteiger charge is -2.29. The Hall–Kier alpha value is -0.120. The largest absolute Gasteiger partial charge is 0.392 e. The zero-order chi connectivity index (χ0) is 8.10. The molecule has 1 atom stereocenters. The van der Waals surface area contributed by atoms with E-state index in [2.05, 4.69) is 4.90 Å². The molecule has 0 radical (unpaired) electrons. The van der Waals surface area contributed by atoms with E-state index in [9.17, 15) is 5.11 Å². The summed E-state index contributed by atoms with van der Waals surface area (Å²) in [5.41, 5.74) is 0. The topological polar surface area (TPSA) is 32.7 Å². The van der Waals surface area contributed by atoms with Gasteiger partial charge in [-0.25, -0.2) is 0 Å². The summed E-state index contributed by atoms with van der Waals surface area (Å²) in [6.07, 6.45) is 1.97. The van der Waals surface area contributed by atoms with E-state index in [-0.39, 0.29) is 6.10 Å². The van der Waals surface area contributed by atoms with Crippen molar-refractivity contribution in [1.29, 1.82) is 0 Å². The summed E-state index contributed by atoms with van der Waals surface area (Å²) in [5.74, 6) is 0. The lowest BCUT2D eigenvalue weighted by molar-refractivity contribution is 0.0546. The van der Waals surface area contributed by atoms with Gasteiger partial charge in [-0.1, -0.05) is 0 Å². The van der Waals surface area contributed by atoms with Crippen molar-refractivity contribution < 1.29 is 9.84 Å². The van der Waals surface area contributed by atoms with Crippen LogP contribution in [-0.4, -0.2) is 49.5 Å². The van der Waals surface area contributed by atoms with Crippen molar-refractivity contribution >= 4 is 0 Å². The van der Waals surface area contributed by atoms with Gasteiger partial charge < -0.3 is 9.84 Å². The molecule has 1 fully saturated rings. The summed E-state index contributed by atoms with van der Waals surface area (Å²) >= 11 is 0. The third-order valence-electron chi connectivity index (χ3n) is 2.09. The van der Waals surface area contributed by atoms with Crippen LogP contribution in [0.1, 0.15) is 12.8 Å². The van der Waals surface area contributed by atoms with Gasteiger partial charge >= 0.3 is 0 Å². The zero-order valence-electron chi connectivity index (χ0n) is 7.12. The molecule has 1 heterocycles. The number of β-amino-alcohol motifs (C(OH)–C–C–N with tert-alkyl or cyclic N) is 1. The quantitative estimate of drug-likeness (QED) is 0.633. The van der Waals surface area contributed by atoms with Gasteiger partial charge in [-0.3, -0.25) is 4.90 Å². The lowest BCUT2D eigenvalue weighted by Crippen LogP contribution is -2.39. The molecule has 0 bridgehead atoms. The van der Waals surface area contributed by atoms with Crippen LogP contribution >= 0.6 is 0 Å². The molecule has 0 amide bonds. The molecule has 0 aliphatic carbocycles. The van der Waals surface area contributed by atoms with Gasteiger partial charge in [-0.15, -0.1) is 0 Å². The average Bonchev–Trinajstić information content (AvgIpc) is 2.01. The van der Waals surface area contributed by atoms with E-state index in [1.54, 1.807) is 7.11 Å². The van der Waals surface area contributed by atoms with Crippen molar-refractivity contribution in [3.63, 3.8) is 0 Å². The summed E-state index contributed by atoms with van der Waals surface area (Å²) in [7, 11) is 1.71. The summed E-state index contributed by atoms with van der Waals surface area (Å²) in [6, 6.07) is 0. The standard InChI is InChI=1S/C8H17NO2/c1-11-6-5-9-4-2-3-8(10)7-9/h8,10H,2-7H2,1H3/t8-/m1/s1. The molecular formula is C8H17NO2. The molecule has 1 N–H and O–H groups in total. The predicted molar refractivity (Wildman–Crippen MR) is 43.6 cm³/mol. The monoisotopic (exact) mass is 159 g/mol. The zero-order valence-corrected chi connectivity index (χ0v) is 7.12. The lowest BCUT2D eigenvalue weighted by atomic mass is 10.1. The average molecular weight is 159 g/mol. The molecule has 1 rings (SSSR count). The molecule has 0 saturated carbocycles. The molecule has 1 aliphatic rings. The van der Waals surface area contributed by atoms with Gasteiger partial charge in [0.25, 0.3) is 0 Å². The minimum Gasteiger partial charge on any atom is -0.392 e. The predicted octanol–water partition coefficient (Wildman–Crippen LogP) is 0.0895. The number of aliphatic hydroxyl groups is 1. The minimum absolute atomic E-state index is 0.111.